The van der Waals surface area contributed by atoms with Gasteiger partial charge in [0, 0.05) is 21.2 Å². The van der Waals surface area contributed by atoms with Crippen LogP contribution in [-0.4, -0.2) is 16.1 Å². The van der Waals surface area contributed by atoms with Gasteiger partial charge in [-0.2, -0.15) is 0 Å². The third kappa shape index (κ3) is 3.21. The lowest BCUT2D eigenvalue weighted by Crippen LogP contribution is -2.04. The molecule has 1 heterocycles. The Morgan fingerprint density at radius 2 is 2.22 bits per heavy atom. The maximum Gasteiger partial charge on any atom is 0.335 e. The Bertz CT molecular complexity index is 635. The van der Waals surface area contributed by atoms with Gasteiger partial charge in [-0.25, -0.2) is 4.79 Å². The first-order valence-electron chi connectivity index (χ1n) is 4.99. The van der Waals surface area contributed by atoms with Gasteiger partial charge in [0.2, 0.25) is 0 Å². The number of halogens is 1. The smallest absolute Gasteiger partial charge is 0.335 e. The van der Waals surface area contributed by atoms with Crippen LogP contribution in [0.25, 0.3) is 0 Å². The zero-order valence-corrected chi connectivity index (χ0v) is 11.5. The van der Waals surface area contributed by atoms with E-state index >= 15 is 0 Å². The molecule has 0 bridgehead atoms. The zero-order chi connectivity index (χ0) is 13.1. The number of nitrogens with one attached hydrogen (secondary N) is 2. The normalized spacial score (nSPS) is 10.3. The predicted octanol–water partition coefficient (Wildman–Crippen LogP) is 2.51. The summed E-state index contributed by atoms with van der Waals surface area (Å²) in [6.45, 7) is 0.439. The maximum atomic E-state index is 10.9. The number of thiazole rings is 1. The molecule has 0 unspecified atom stereocenters. The maximum absolute atomic E-state index is 10.9. The highest BCUT2D eigenvalue weighted by Crippen LogP contribution is 2.20. The SMILES string of the molecule is O=C(O)c1cc(Br)cc(NCc2csc(=O)[nH]2)c1. The number of hydrogen-bond acceptors (Lipinski definition) is 4. The fourth-order valence-electron chi connectivity index (χ4n) is 1.41. The molecule has 5 nitrogen and oxygen atoms in total. The van der Waals surface area contributed by atoms with E-state index in [1.807, 2.05) is 0 Å². The summed E-state index contributed by atoms with van der Waals surface area (Å²) < 4.78 is 0.684. The fraction of sp³-hybridized carbons (Fsp3) is 0.0909. The Morgan fingerprint density at radius 3 is 2.83 bits per heavy atom. The molecule has 0 spiro atoms. The Morgan fingerprint density at radius 1 is 1.44 bits per heavy atom. The van der Waals surface area contributed by atoms with Crippen molar-refractivity contribution in [3.05, 3.63) is 49.0 Å². The molecule has 0 amide bonds. The van der Waals surface area contributed by atoms with E-state index in [1.165, 1.54) is 12.1 Å². The molecule has 0 aliphatic carbocycles. The van der Waals surface area contributed by atoms with Crippen molar-refractivity contribution in [1.82, 2.24) is 4.98 Å². The second kappa shape index (κ2) is 5.36. The molecule has 2 aromatic rings. The van der Waals surface area contributed by atoms with Crippen LogP contribution in [0.15, 0.2) is 32.8 Å². The molecular formula is C11H9BrN2O3S. The lowest BCUT2D eigenvalue weighted by atomic mass is 10.2. The number of aromatic amines is 1. The molecule has 0 saturated carbocycles. The average Bonchev–Trinajstić information content (AvgIpc) is 2.72. The van der Waals surface area contributed by atoms with Gasteiger partial charge in [-0.3, -0.25) is 4.79 Å². The minimum atomic E-state index is -0.983. The summed E-state index contributed by atoms with van der Waals surface area (Å²) in [6.07, 6.45) is 0. The number of anilines is 1. The van der Waals surface area contributed by atoms with Crippen LogP contribution in [0.4, 0.5) is 5.69 Å². The molecule has 0 aliphatic rings. The number of carbonyl (C=O) groups is 1. The van der Waals surface area contributed by atoms with E-state index in [4.69, 9.17) is 5.11 Å². The number of aromatic carboxylic acids is 1. The highest BCUT2D eigenvalue weighted by Gasteiger charge is 2.06. The van der Waals surface area contributed by atoms with Crippen LogP contribution in [-0.2, 0) is 6.54 Å². The quantitative estimate of drug-likeness (QED) is 0.805. The largest absolute Gasteiger partial charge is 0.478 e. The van der Waals surface area contributed by atoms with Crippen molar-refractivity contribution < 1.29 is 9.90 Å². The van der Waals surface area contributed by atoms with E-state index in [1.54, 1.807) is 11.4 Å². The Hall–Kier alpha value is -1.60. The molecule has 1 aromatic carbocycles. The van der Waals surface area contributed by atoms with E-state index < -0.39 is 5.97 Å². The van der Waals surface area contributed by atoms with Crippen LogP contribution in [0.3, 0.4) is 0 Å². The van der Waals surface area contributed by atoms with Crippen LogP contribution >= 0.6 is 27.3 Å². The van der Waals surface area contributed by atoms with Crippen LogP contribution in [0, 0.1) is 0 Å². The molecule has 7 heteroatoms. The number of hydrogen-bond donors (Lipinski definition) is 3. The molecule has 1 aromatic heterocycles. The summed E-state index contributed by atoms with van der Waals surface area (Å²) >= 11 is 4.35. The van der Waals surface area contributed by atoms with Crippen molar-refractivity contribution in [2.45, 2.75) is 6.54 Å². The molecule has 18 heavy (non-hydrogen) atoms. The molecule has 2 rings (SSSR count). The summed E-state index contributed by atoms with van der Waals surface area (Å²) in [4.78, 5) is 24.4. The second-order valence-corrected chi connectivity index (χ2v) is 5.32. The minimum absolute atomic E-state index is 0.104. The molecule has 0 saturated heterocycles. The number of carboxylic acids is 1. The van der Waals surface area contributed by atoms with E-state index in [0.717, 1.165) is 17.0 Å². The fourth-order valence-corrected chi connectivity index (χ4v) is 2.49. The summed E-state index contributed by atoms with van der Waals surface area (Å²) in [5.41, 5.74) is 1.64. The van der Waals surface area contributed by atoms with Gasteiger partial charge in [0.25, 0.3) is 0 Å². The first kappa shape index (κ1) is 12.8. The van der Waals surface area contributed by atoms with Crippen molar-refractivity contribution in [1.29, 1.82) is 0 Å². The predicted molar refractivity (Wildman–Crippen MR) is 73.4 cm³/mol. The molecule has 94 valence electrons. The van der Waals surface area contributed by atoms with Gasteiger partial charge >= 0.3 is 10.8 Å². The number of H-pyrrole nitrogens is 1. The van der Waals surface area contributed by atoms with Crippen molar-refractivity contribution in [2.75, 3.05) is 5.32 Å². The number of carboxylic acid groups (broad SMARTS) is 1. The van der Waals surface area contributed by atoms with Crippen molar-refractivity contribution >= 4 is 38.9 Å². The van der Waals surface area contributed by atoms with Crippen LogP contribution in [0.1, 0.15) is 16.1 Å². The monoisotopic (exact) mass is 328 g/mol. The molecule has 0 aliphatic heterocycles. The van der Waals surface area contributed by atoms with E-state index in [2.05, 4.69) is 26.2 Å². The third-order valence-electron chi connectivity index (χ3n) is 2.20. The van der Waals surface area contributed by atoms with Gasteiger partial charge in [-0.05, 0) is 18.2 Å². The average molecular weight is 329 g/mol. The Labute approximate surface area is 115 Å². The first-order valence-corrected chi connectivity index (χ1v) is 6.66. The lowest BCUT2D eigenvalue weighted by Gasteiger charge is -2.06. The van der Waals surface area contributed by atoms with E-state index in [-0.39, 0.29) is 10.4 Å². The standard InChI is InChI=1S/C11H9BrN2O3S/c12-7-1-6(10(15)16)2-8(3-7)13-4-9-5-18-11(17)14-9/h1-3,5,13H,4H2,(H,14,17)(H,15,16). The molecule has 3 N–H and O–H groups in total. The lowest BCUT2D eigenvalue weighted by molar-refractivity contribution is 0.0697. The number of rotatable bonds is 4. The number of benzene rings is 1. The minimum Gasteiger partial charge on any atom is -0.478 e. The van der Waals surface area contributed by atoms with Gasteiger partial charge in [0.1, 0.15) is 0 Å². The van der Waals surface area contributed by atoms with E-state index in [9.17, 15) is 9.59 Å². The van der Waals surface area contributed by atoms with Gasteiger partial charge in [0.15, 0.2) is 0 Å². The topological polar surface area (TPSA) is 82.2 Å². The molecule has 0 atom stereocenters. The third-order valence-corrected chi connectivity index (χ3v) is 3.37. The van der Waals surface area contributed by atoms with Crippen molar-refractivity contribution in [2.24, 2.45) is 0 Å². The van der Waals surface area contributed by atoms with Crippen molar-refractivity contribution in [3.63, 3.8) is 0 Å². The second-order valence-electron chi connectivity index (χ2n) is 3.56. The van der Waals surface area contributed by atoms with Gasteiger partial charge in [-0.15, -0.1) is 0 Å². The summed E-state index contributed by atoms with van der Waals surface area (Å²) in [7, 11) is 0. The highest BCUT2D eigenvalue weighted by atomic mass is 79.9. The van der Waals surface area contributed by atoms with Gasteiger partial charge in [0.05, 0.1) is 12.1 Å². The Balaban J connectivity index is 2.14. The molecule has 0 radical (unpaired) electrons. The van der Waals surface area contributed by atoms with Crippen molar-refractivity contribution in [3.8, 4) is 0 Å². The van der Waals surface area contributed by atoms with Crippen LogP contribution in [0.5, 0.6) is 0 Å². The van der Waals surface area contributed by atoms with Crippen LogP contribution in [0.2, 0.25) is 0 Å². The zero-order valence-electron chi connectivity index (χ0n) is 9.07. The molecule has 0 fully saturated rings. The van der Waals surface area contributed by atoms with E-state index in [0.29, 0.717) is 16.7 Å². The first-order chi connectivity index (χ1) is 8.54. The van der Waals surface area contributed by atoms with Gasteiger partial charge in [-0.1, -0.05) is 27.3 Å². The summed E-state index contributed by atoms with van der Waals surface area (Å²) in [6, 6.07) is 4.84. The van der Waals surface area contributed by atoms with Gasteiger partial charge < -0.3 is 15.4 Å². The Kier molecular flexibility index (Phi) is 3.83. The highest BCUT2D eigenvalue weighted by molar-refractivity contribution is 9.10. The molecular weight excluding hydrogens is 320 g/mol. The summed E-state index contributed by atoms with van der Waals surface area (Å²) in [5.74, 6) is -0.983. The van der Waals surface area contributed by atoms with Crippen LogP contribution < -0.4 is 10.2 Å². The summed E-state index contributed by atoms with van der Waals surface area (Å²) in [5, 5.41) is 13.7. The number of aromatic nitrogens is 1.